The van der Waals surface area contributed by atoms with E-state index in [9.17, 15) is 9.59 Å². The van der Waals surface area contributed by atoms with E-state index in [-0.39, 0.29) is 5.97 Å². The second kappa shape index (κ2) is 9.43. The highest BCUT2D eigenvalue weighted by atomic mass is 16.5. The maximum atomic E-state index is 9.82. The van der Waals surface area contributed by atoms with E-state index < -0.39 is 12.4 Å². The minimum absolute atomic E-state index is 0.211. The molecule has 0 aromatic rings. The van der Waals surface area contributed by atoms with E-state index in [4.69, 9.17) is 10.4 Å². The third-order valence-electron chi connectivity index (χ3n) is 0.578. The Morgan fingerprint density at radius 2 is 2.08 bits per heavy atom. The van der Waals surface area contributed by atoms with E-state index in [1.165, 1.54) is 13.0 Å². The van der Waals surface area contributed by atoms with Gasteiger partial charge in [-0.2, -0.15) is 5.26 Å². The Hall–Kier alpha value is -1.57. The Balaban J connectivity index is 0. The number of ether oxygens (including phenoxy) is 1. The molecule has 0 bridgehead atoms. The van der Waals surface area contributed by atoms with Crippen LogP contribution in [0.1, 0.15) is 20.3 Å². The summed E-state index contributed by atoms with van der Waals surface area (Å²) in [5, 5.41) is 15.3. The van der Waals surface area contributed by atoms with Crippen LogP contribution in [0, 0.1) is 11.3 Å². The van der Waals surface area contributed by atoms with Gasteiger partial charge in [0.05, 0.1) is 12.7 Å². The predicted molar refractivity (Wildman–Crippen MR) is 40.2 cm³/mol. The summed E-state index contributed by atoms with van der Waals surface area (Å²) >= 11 is 0. The number of carbonyl (C=O) groups is 2. The van der Waals surface area contributed by atoms with Gasteiger partial charge in [-0.1, -0.05) is 0 Å². The lowest BCUT2D eigenvalue weighted by Crippen LogP contribution is -1.95. The molecule has 0 fully saturated rings. The van der Waals surface area contributed by atoms with Gasteiger partial charge in [0.2, 0.25) is 0 Å². The highest BCUT2D eigenvalue weighted by molar-refractivity contribution is 5.69. The van der Waals surface area contributed by atoms with Crippen molar-refractivity contribution in [2.75, 3.05) is 6.61 Å². The molecule has 12 heavy (non-hydrogen) atoms. The maximum Gasteiger partial charge on any atom is 0.317 e. The quantitative estimate of drug-likeness (QED) is 0.616. The van der Waals surface area contributed by atoms with Crippen LogP contribution >= 0.6 is 0 Å². The first kappa shape index (κ1) is 13.1. The zero-order valence-corrected chi connectivity index (χ0v) is 7.03. The van der Waals surface area contributed by atoms with Gasteiger partial charge in [-0.15, -0.1) is 0 Å². The van der Waals surface area contributed by atoms with Gasteiger partial charge in [-0.25, -0.2) is 0 Å². The maximum absolute atomic E-state index is 9.82. The molecule has 0 unspecified atom stereocenters. The summed E-state index contributed by atoms with van der Waals surface area (Å²) in [6.45, 7) is 3.65. The molecule has 0 aromatic carbocycles. The van der Waals surface area contributed by atoms with Crippen LogP contribution in [-0.4, -0.2) is 23.7 Å². The topological polar surface area (TPSA) is 87.4 Å². The molecule has 5 nitrogen and oxygen atoms in total. The average Bonchev–Trinajstić information content (AvgIpc) is 1.87. The number of rotatable bonds is 2. The van der Waals surface area contributed by atoms with Gasteiger partial charge in [0.25, 0.3) is 0 Å². The molecule has 0 amide bonds. The van der Waals surface area contributed by atoms with Crippen molar-refractivity contribution in [3.05, 3.63) is 0 Å². The molecule has 0 radical (unpaired) electrons. The average molecular weight is 173 g/mol. The molecular formula is C7H11NO4. The molecule has 0 spiro atoms. The van der Waals surface area contributed by atoms with Crippen LogP contribution in [-0.2, 0) is 14.3 Å². The molecule has 0 rings (SSSR count). The van der Waals surface area contributed by atoms with Crippen LogP contribution in [0.25, 0.3) is 0 Å². The molecule has 5 heteroatoms. The van der Waals surface area contributed by atoms with E-state index in [1.807, 2.05) is 0 Å². The van der Waals surface area contributed by atoms with Gasteiger partial charge in [0.15, 0.2) is 0 Å². The van der Waals surface area contributed by atoms with Crippen molar-refractivity contribution in [2.45, 2.75) is 20.3 Å². The predicted octanol–water partition coefficient (Wildman–Crippen LogP) is 0.554. The van der Waals surface area contributed by atoms with Crippen molar-refractivity contribution in [1.82, 2.24) is 0 Å². The van der Waals surface area contributed by atoms with Crippen molar-refractivity contribution in [2.24, 2.45) is 0 Å². The second-order valence-electron chi connectivity index (χ2n) is 1.65. The molecule has 0 atom stereocenters. The first-order valence-corrected chi connectivity index (χ1v) is 3.26. The molecule has 0 heterocycles. The highest BCUT2D eigenvalue weighted by Crippen LogP contribution is 1.69. The van der Waals surface area contributed by atoms with Gasteiger partial charge in [0, 0.05) is 6.92 Å². The Bertz CT molecular complexity index is 182. The minimum Gasteiger partial charge on any atom is -0.480 e. The third kappa shape index (κ3) is 23.7. The number of carboxylic acid groups (broad SMARTS) is 1. The lowest BCUT2D eigenvalue weighted by atomic mass is 10.5. The largest absolute Gasteiger partial charge is 0.480 e. The summed E-state index contributed by atoms with van der Waals surface area (Å²) in [6, 6.07) is 1.47. The molecular weight excluding hydrogens is 162 g/mol. The molecule has 0 aromatic heterocycles. The van der Waals surface area contributed by atoms with Crippen molar-refractivity contribution in [3.8, 4) is 6.07 Å². The fraction of sp³-hybridized carbons (Fsp3) is 0.571. The Morgan fingerprint density at radius 1 is 1.58 bits per heavy atom. The van der Waals surface area contributed by atoms with Crippen molar-refractivity contribution in [3.63, 3.8) is 0 Å². The normalized spacial score (nSPS) is 7.08. The number of nitrogens with zero attached hydrogens (tertiary/aromatic N) is 1. The van der Waals surface area contributed by atoms with E-state index in [2.05, 4.69) is 4.74 Å². The number of hydrogen-bond donors (Lipinski definition) is 1. The van der Waals surface area contributed by atoms with Crippen LogP contribution in [0.4, 0.5) is 0 Å². The fourth-order valence-corrected chi connectivity index (χ4v) is 0.271. The van der Waals surface area contributed by atoms with Gasteiger partial charge in [-0.3, -0.25) is 9.59 Å². The first-order chi connectivity index (χ1) is 5.54. The summed E-state index contributed by atoms with van der Waals surface area (Å²) in [6.07, 6.45) is -0.403. The molecule has 0 aliphatic carbocycles. The molecule has 0 aliphatic heterocycles. The lowest BCUT2D eigenvalue weighted by Gasteiger charge is -1.89. The Labute approximate surface area is 70.6 Å². The second-order valence-corrected chi connectivity index (χ2v) is 1.65. The van der Waals surface area contributed by atoms with Crippen molar-refractivity contribution >= 4 is 11.9 Å². The number of carbonyl (C=O) groups excluding carboxylic acids is 1. The summed E-state index contributed by atoms with van der Waals surface area (Å²) < 4.78 is 4.40. The molecule has 0 saturated carbocycles. The number of nitriles is 1. The van der Waals surface area contributed by atoms with Crippen molar-refractivity contribution < 1.29 is 19.4 Å². The third-order valence-corrected chi connectivity index (χ3v) is 0.578. The zero-order chi connectivity index (χ0) is 9.98. The zero-order valence-electron chi connectivity index (χ0n) is 7.03. The van der Waals surface area contributed by atoms with Crippen molar-refractivity contribution in [1.29, 1.82) is 5.26 Å². The summed E-state index contributed by atoms with van der Waals surface area (Å²) in [4.78, 5) is 19.2. The van der Waals surface area contributed by atoms with E-state index in [1.54, 1.807) is 6.92 Å². The minimum atomic E-state index is -1.07. The number of hydrogen-bond acceptors (Lipinski definition) is 4. The number of aliphatic carboxylic acids is 1. The first-order valence-electron chi connectivity index (χ1n) is 3.26. The van der Waals surface area contributed by atoms with Gasteiger partial charge in [0.1, 0.15) is 6.42 Å². The Morgan fingerprint density at radius 3 is 2.08 bits per heavy atom. The monoisotopic (exact) mass is 173 g/mol. The SMILES string of the molecule is CCOC(C)=O.N#CCC(=O)O. The Kier molecular flexibility index (Phi) is 10.3. The van der Waals surface area contributed by atoms with Crippen LogP contribution in [0.2, 0.25) is 0 Å². The molecule has 1 N–H and O–H groups in total. The number of carboxylic acids is 1. The van der Waals surface area contributed by atoms with Crippen LogP contribution in [0.5, 0.6) is 0 Å². The number of esters is 1. The summed E-state index contributed by atoms with van der Waals surface area (Å²) in [7, 11) is 0. The highest BCUT2D eigenvalue weighted by Gasteiger charge is 1.87. The van der Waals surface area contributed by atoms with E-state index >= 15 is 0 Å². The molecule has 0 aliphatic rings. The van der Waals surface area contributed by atoms with E-state index in [0.717, 1.165) is 0 Å². The van der Waals surface area contributed by atoms with Gasteiger partial charge >= 0.3 is 11.9 Å². The fourth-order valence-electron chi connectivity index (χ4n) is 0.271. The lowest BCUT2D eigenvalue weighted by molar-refractivity contribution is -0.140. The van der Waals surface area contributed by atoms with E-state index in [0.29, 0.717) is 6.61 Å². The summed E-state index contributed by atoms with van der Waals surface area (Å²) in [5.41, 5.74) is 0. The van der Waals surface area contributed by atoms with Crippen LogP contribution < -0.4 is 0 Å². The van der Waals surface area contributed by atoms with Gasteiger partial charge < -0.3 is 9.84 Å². The standard InChI is InChI=1S/C4H8O2.C3H3NO2/c1-3-6-4(2)5;4-2-1-3(5)6/h3H2,1-2H3;1H2,(H,5,6). The van der Waals surface area contributed by atoms with Crippen LogP contribution in [0.15, 0.2) is 0 Å². The van der Waals surface area contributed by atoms with Crippen LogP contribution in [0.3, 0.4) is 0 Å². The molecule has 0 saturated heterocycles. The smallest absolute Gasteiger partial charge is 0.317 e. The summed E-state index contributed by atoms with van der Waals surface area (Å²) in [5.74, 6) is -1.28. The van der Waals surface area contributed by atoms with Gasteiger partial charge in [-0.05, 0) is 6.92 Å². The molecule has 68 valence electrons.